The second-order valence-corrected chi connectivity index (χ2v) is 7.69. The molecule has 0 aromatic carbocycles. The molecule has 29 heavy (non-hydrogen) atoms. The Balaban J connectivity index is 3.18. The summed E-state index contributed by atoms with van der Waals surface area (Å²) in [5.74, 6) is -1.99. The van der Waals surface area contributed by atoms with Crippen LogP contribution in [0.1, 0.15) is 33.6 Å². The lowest BCUT2D eigenvalue weighted by Crippen LogP contribution is -2.66. The van der Waals surface area contributed by atoms with Crippen molar-refractivity contribution in [2.75, 3.05) is 13.1 Å². The van der Waals surface area contributed by atoms with E-state index in [-0.39, 0.29) is 25.9 Å². The van der Waals surface area contributed by atoms with Gasteiger partial charge in [-0.05, 0) is 33.6 Å². The Morgan fingerprint density at radius 3 is 2.24 bits per heavy atom. The molecule has 3 atom stereocenters. The molecule has 1 aliphatic rings. The topological polar surface area (TPSA) is 136 Å². The van der Waals surface area contributed by atoms with E-state index >= 15 is 0 Å². The summed E-state index contributed by atoms with van der Waals surface area (Å²) in [6.45, 7) is 11.7. The molecule has 1 aliphatic heterocycles. The smallest absolute Gasteiger partial charge is 0.408 e. The van der Waals surface area contributed by atoms with Gasteiger partial charge in [-0.1, -0.05) is 12.2 Å². The van der Waals surface area contributed by atoms with Gasteiger partial charge in [0.25, 0.3) is 0 Å². The summed E-state index contributed by atoms with van der Waals surface area (Å²) in [4.78, 5) is 50.6. The Kier molecular flexibility index (Phi) is 8.23. The van der Waals surface area contributed by atoms with Crippen LogP contribution in [-0.4, -0.2) is 80.9 Å². The van der Waals surface area contributed by atoms with Crippen molar-refractivity contribution in [3.8, 4) is 0 Å². The molecule has 3 N–H and O–H groups in total. The molecule has 1 fully saturated rings. The number of amides is 3. The minimum atomic E-state index is -1.40. The van der Waals surface area contributed by atoms with Crippen LogP contribution in [0.5, 0.6) is 0 Å². The van der Waals surface area contributed by atoms with Gasteiger partial charge in [-0.25, -0.2) is 14.4 Å². The van der Waals surface area contributed by atoms with Crippen LogP contribution in [0.4, 0.5) is 9.59 Å². The van der Waals surface area contributed by atoms with Crippen molar-refractivity contribution in [2.24, 2.45) is 0 Å². The molecular weight excluding hydrogens is 382 g/mol. The van der Waals surface area contributed by atoms with Gasteiger partial charge in [-0.2, -0.15) is 0 Å². The number of ether oxygens (including phenoxy) is 1. The maximum absolute atomic E-state index is 13.2. The quantitative estimate of drug-likeness (QED) is 0.542. The van der Waals surface area contributed by atoms with Crippen LogP contribution in [0.15, 0.2) is 25.3 Å². The molecule has 10 nitrogen and oxygen atoms in total. The molecule has 3 unspecified atom stereocenters. The highest BCUT2D eigenvalue weighted by Gasteiger charge is 2.44. The maximum atomic E-state index is 13.2. The van der Waals surface area contributed by atoms with Crippen LogP contribution in [0, 0.1) is 0 Å². The predicted molar refractivity (Wildman–Crippen MR) is 104 cm³/mol. The van der Waals surface area contributed by atoms with E-state index in [0.717, 1.165) is 9.80 Å². The van der Waals surface area contributed by atoms with Crippen LogP contribution in [-0.2, 0) is 14.3 Å². The highest BCUT2D eigenvalue weighted by molar-refractivity contribution is 5.90. The first kappa shape index (κ1) is 24.0. The van der Waals surface area contributed by atoms with Crippen molar-refractivity contribution in [1.82, 2.24) is 15.1 Å². The van der Waals surface area contributed by atoms with Crippen LogP contribution < -0.4 is 5.32 Å². The highest BCUT2D eigenvalue weighted by Crippen LogP contribution is 2.22. The number of hydrogen-bond donors (Lipinski definition) is 3. The summed E-state index contributed by atoms with van der Waals surface area (Å²) in [5, 5.41) is 21.4. The number of carboxylic acids is 1. The fourth-order valence-electron chi connectivity index (χ4n) is 3.05. The molecule has 1 saturated heterocycles. The third-order valence-corrected chi connectivity index (χ3v) is 4.19. The molecular formula is C19H29N3O7. The van der Waals surface area contributed by atoms with Crippen molar-refractivity contribution in [2.45, 2.75) is 57.3 Å². The van der Waals surface area contributed by atoms with Gasteiger partial charge < -0.3 is 30.1 Å². The Hall–Kier alpha value is -3.04. The number of nitrogens with one attached hydrogen (secondary N) is 1. The van der Waals surface area contributed by atoms with Gasteiger partial charge in [0.05, 0.1) is 12.6 Å². The van der Waals surface area contributed by atoms with Crippen LogP contribution in [0.2, 0.25) is 0 Å². The van der Waals surface area contributed by atoms with E-state index < -0.39 is 47.8 Å². The number of carboxylic acid groups (broad SMARTS) is 2. The van der Waals surface area contributed by atoms with Crippen molar-refractivity contribution < 1.29 is 34.1 Å². The Morgan fingerprint density at radius 1 is 1.17 bits per heavy atom. The van der Waals surface area contributed by atoms with Crippen molar-refractivity contribution in [1.29, 1.82) is 0 Å². The number of alkyl carbamates (subject to hydrolysis) is 1. The average molecular weight is 411 g/mol. The third-order valence-electron chi connectivity index (χ3n) is 4.19. The monoisotopic (exact) mass is 411 g/mol. The number of rotatable bonds is 7. The summed E-state index contributed by atoms with van der Waals surface area (Å²) in [7, 11) is 0. The van der Waals surface area contributed by atoms with Crippen molar-refractivity contribution in [3.05, 3.63) is 25.3 Å². The lowest BCUT2D eigenvalue weighted by molar-refractivity contribution is -0.157. The van der Waals surface area contributed by atoms with Gasteiger partial charge in [0.2, 0.25) is 5.91 Å². The van der Waals surface area contributed by atoms with Gasteiger partial charge in [0, 0.05) is 6.54 Å². The molecule has 0 bridgehead atoms. The number of hydrogen-bond acceptors (Lipinski definition) is 5. The number of nitrogens with zero attached hydrogens (tertiary/aromatic N) is 2. The summed E-state index contributed by atoms with van der Waals surface area (Å²) in [6.07, 6.45) is 1.04. The maximum Gasteiger partial charge on any atom is 0.408 e. The van der Waals surface area contributed by atoms with E-state index in [4.69, 9.17) is 4.74 Å². The van der Waals surface area contributed by atoms with E-state index in [2.05, 4.69) is 18.5 Å². The number of carbonyl (C=O) groups is 4. The first-order valence-electron chi connectivity index (χ1n) is 9.15. The largest absolute Gasteiger partial charge is 0.480 e. The molecule has 1 heterocycles. The minimum Gasteiger partial charge on any atom is -0.480 e. The first-order valence-corrected chi connectivity index (χ1v) is 9.15. The Labute approximate surface area is 169 Å². The lowest BCUT2D eigenvalue weighted by Gasteiger charge is -2.45. The highest BCUT2D eigenvalue weighted by atomic mass is 16.6. The summed E-state index contributed by atoms with van der Waals surface area (Å²) in [6, 6.07) is -3.24. The molecule has 10 heteroatoms. The minimum absolute atomic E-state index is 0.0460. The van der Waals surface area contributed by atoms with E-state index in [1.54, 1.807) is 20.8 Å². The zero-order valence-electron chi connectivity index (χ0n) is 17.0. The van der Waals surface area contributed by atoms with Gasteiger partial charge in [-0.3, -0.25) is 4.79 Å². The van der Waals surface area contributed by atoms with Crippen molar-refractivity contribution in [3.63, 3.8) is 0 Å². The average Bonchev–Trinajstić information content (AvgIpc) is 2.58. The normalized spacial score (nSPS) is 20.4. The fourth-order valence-corrected chi connectivity index (χ4v) is 3.05. The van der Waals surface area contributed by atoms with Gasteiger partial charge in [-0.15, -0.1) is 13.2 Å². The molecule has 0 saturated carbocycles. The van der Waals surface area contributed by atoms with Crippen molar-refractivity contribution >= 4 is 24.1 Å². The van der Waals surface area contributed by atoms with Gasteiger partial charge in [0.15, 0.2) is 0 Å². The number of aliphatic carboxylic acids is 1. The SMILES string of the molecule is C=CCC(NC(=O)OC(C)(C)C)C(=O)N1C(CC=C)CN(C(=O)O)CC1C(=O)O. The second-order valence-electron chi connectivity index (χ2n) is 7.69. The van der Waals surface area contributed by atoms with Gasteiger partial charge in [0.1, 0.15) is 17.7 Å². The second kappa shape index (κ2) is 9.94. The van der Waals surface area contributed by atoms with E-state index in [1.165, 1.54) is 12.2 Å². The van der Waals surface area contributed by atoms with E-state index in [0.29, 0.717) is 0 Å². The fraction of sp³-hybridized carbons (Fsp3) is 0.579. The van der Waals surface area contributed by atoms with Crippen LogP contribution in [0.3, 0.4) is 0 Å². The Morgan fingerprint density at radius 2 is 1.79 bits per heavy atom. The summed E-state index contributed by atoms with van der Waals surface area (Å²) in [5.41, 5.74) is -0.784. The molecule has 0 radical (unpaired) electrons. The number of carbonyl (C=O) groups excluding carboxylic acids is 2. The van der Waals surface area contributed by atoms with E-state index in [9.17, 15) is 29.4 Å². The molecule has 162 valence electrons. The molecule has 3 amide bonds. The third kappa shape index (κ3) is 6.81. The standard InChI is InChI=1S/C19H29N3O7/c1-6-8-12-10-21(18(27)28)11-14(16(24)25)22(12)15(23)13(9-7-2)20-17(26)29-19(3,4)5/h6-7,12-14H,1-2,8-11H2,3-5H3,(H,20,26)(H,24,25)(H,27,28). The zero-order chi connectivity index (χ0) is 22.4. The van der Waals surface area contributed by atoms with E-state index in [1.807, 2.05) is 0 Å². The zero-order valence-corrected chi connectivity index (χ0v) is 17.0. The molecule has 0 aliphatic carbocycles. The molecule has 0 spiro atoms. The molecule has 0 aromatic rings. The Bertz CT molecular complexity index is 671. The first-order chi connectivity index (χ1) is 13.4. The summed E-state index contributed by atoms with van der Waals surface area (Å²) >= 11 is 0. The van der Waals surface area contributed by atoms with Crippen LogP contribution in [0.25, 0.3) is 0 Å². The molecule has 0 aromatic heterocycles. The van der Waals surface area contributed by atoms with Gasteiger partial charge >= 0.3 is 18.2 Å². The summed E-state index contributed by atoms with van der Waals surface area (Å²) < 4.78 is 5.18. The van der Waals surface area contributed by atoms with Crippen LogP contribution >= 0.6 is 0 Å². The number of piperazine rings is 1. The lowest BCUT2D eigenvalue weighted by atomic mass is 10.0. The molecule has 1 rings (SSSR count). The predicted octanol–water partition coefficient (Wildman–Crippen LogP) is 1.68.